The lowest BCUT2D eigenvalue weighted by atomic mass is 9.85. The van der Waals surface area contributed by atoms with Gasteiger partial charge in [-0.1, -0.05) is 32.4 Å². The molecule has 0 bridgehead atoms. The van der Waals surface area contributed by atoms with Gasteiger partial charge in [-0.15, -0.1) is 0 Å². The molecule has 0 radical (unpaired) electrons. The number of likely N-dealkylation sites (tertiary alicyclic amines) is 2. The standard InChI is InChI=1S/C28H39N3O5/c1-17(2)14-22(28(35)31-15-23(32)26-25(31)24(33)16-36-26)29-27(34)20-8-6-18(7-9-20)19-10-12-30(13-11-19)21-4-3-5-21/h6-9,17,19,21-23,25-26,32H,3-5,10-16H2,1-2H3,(H,29,34)/t22-,23-,25+,26+/m0/s1. The number of ether oxygens (including phenoxy) is 1. The van der Waals surface area contributed by atoms with Crippen molar-refractivity contribution in [2.45, 2.75) is 88.6 Å². The Labute approximate surface area is 213 Å². The zero-order valence-corrected chi connectivity index (χ0v) is 21.4. The molecule has 0 spiro atoms. The molecule has 3 saturated heterocycles. The summed E-state index contributed by atoms with van der Waals surface area (Å²) in [6.45, 7) is 6.22. The normalized spacial score (nSPS) is 28.3. The first-order valence-electron chi connectivity index (χ1n) is 13.6. The predicted octanol–water partition coefficient (Wildman–Crippen LogP) is 2.10. The summed E-state index contributed by atoms with van der Waals surface area (Å²) in [7, 11) is 0. The highest BCUT2D eigenvalue weighted by Gasteiger charge is 2.52. The first kappa shape index (κ1) is 25.4. The number of carbonyl (C=O) groups is 3. The van der Waals surface area contributed by atoms with E-state index in [1.165, 1.54) is 29.7 Å². The molecule has 4 fully saturated rings. The zero-order chi connectivity index (χ0) is 25.4. The van der Waals surface area contributed by atoms with Crippen molar-refractivity contribution in [2.75, 3.05) is 26.2 Å². The van der Waals surface area contributed by atoms with Gasteiger partial charge in [0.2, 0.25) is 5.91 Å². The van der Waals surface area contributed by atoms with Gasteiger partial charge in [0.05, 0.1) is 6.54 Å². The number of nitrogens with one attached hydrogen (secondary N) is 1. The van der Waals surface area contributed by atoms with E-state index in [9.17, 15) is 19.5 Å². The number of hydrogen-bond donors (Lipinski definition) is 2. The maximum absolute atomic E-state index is 13.4. The van der Waals surface area contributed by atoms with Crippen molar-refractivity contribution in [1.29, 1.82) is 0 Å². The predicted molar refractivity (Wildman–Crippen MR) is 135 cm³/mol. The van der Waals surface area contributed by atoms with Crippen molar-refractivity contribution in [3.8, 4) is 0 Å². The van der Waals surface area contributed by atoms with Gasteiger partial charge >= 0.3 is 0 Å². The number of β-amino-alcohol motifs (C(OH)–C–C–N with tert-alkyl or cyclic N) is 1. The Morgan fingerprint density at radius 3 is 2.42 bits per heavy atom. The minimum absolute atomic E-state index is 0.0403. The van der Waals surface area contributed by atoms with Gasteiger partial charge in [0.1, 0.15) is 30.9 Å². The van der Waals surface area contributed by atoms with Crippen LogP contribution in [0.2, 0.25) is 0 Å². The summed E-state index contributed by atoms with van der Waals surface area (Å²) in [4.78, 5) is 42.9. The number of fused-ring (bicyclic) bond motifs is 1. The van der Waals surface area contributed by atoms with E-state index in [4.69, 9.17) is 4.74 Å². The molecule has 1 aliphatic carbocycles. The molecule has 2 amide bonds. The van der Waals surface area contributed by atoms with Crippen LogP contribution in [0.3, 0.4) is 0 Å². The topological polar surface area (TPSA) is 99.2 Å². The van der Waals surface area contributed by atoms with E-state index in [0.29, 0.717) is 17.9 Å². The van der Waals surface area contributed by atoms with Crippen LogP contribution in [0.4, 0.5) is 0 Å². The van der Waals surface area contributed by atoms with E-state index >= 15 is 0 Å². The van der Waals surface area contributed by atoms with Crippen LogP contribution < -0.4 is 5.32 Å². The fourth-order valence-electron chi connectivity index (χ4n) is 6.25. The zero-order valence-electron chi connectivity index (χ0n) is 21.4. The van der Waals surface area contributed by atoms with Gasteiger partial charge in [-0.3, -0.25) is 14.4 Å². The third-order valence-corrected chi connectivity index (χ3v) is 8.52. The Kier molecular flexibility index (Phi) is 7.47. The number of ketones is 1. The maximum atomic E-state index is 13.4. The van der Waals surface area contributed by atoms with Crippen LogP contribution in [-0.4, -0.2) is 89.1 Å². The van der Waals surface area contributed by atoms with Crippen LogP contribution in [0.1, 0.15) is 74.2 Å². The molecule has 3 heterocycles. The number of aliphatic hydroxyl groups is 1. The molecule has 8 heteroatoms. The summed E-state index contributed by atoms with van der Waals surface area (Å²) in [6, 6.07) is 7.06. The first-order valence-corrected chi connectivity index (χ1v) is 13.6. The van der Waals surface area contributed by atoms with Gasteiger partial charge in [0.25, 0.3) is 5.91 Å². The van der Waals surface area contributed by atoms with E-state index in [1.54, 1.807) is 0 Å². The number of hydrogen-bond acceptors (Lipinski definition) is 6. The van der Waals surface area contributed by atoms with Crippen LogP contribution in [0, 0.1) is 5.92 Å². The summed E-state index contributed by atoms with van der Waals surface area (Å²) in [5.74, 6) is -0.155. The second kappa shape index (κ2) is 10.6. The Hall–Kier alpha value is -2.29. The van der Waals surface area contributed by atoms with E-state index in [2.05, 4.69) is 10.2 Å². The minimum Gasteiger partial charge on any atom is -0.388 e. The molecule has 1 saturated carbocycles. The van der Waals surface area contributed by atoms with Gasteiger partial charge in [0.15, 0.2) is 5.78 Å². The van der Waals surface area contributed by atoms with Crippen LogP contribution in [0.5, 0.6) is 0 Å². The maximum Gasteiger partial charge on any atom is 0.251 e. The number of piperidine rings is 1. The lowest BCUT2D eigenvalue weighted by Crippen LogP contribution is -2.52. The lowest BCUT2D eigenvalue weighted by molar-refractivity contribution is -0.138. The molecule has 4 aliphatic rings. The smallest absolute Gasteiger partial charge is 0.251 e. The van der Waals surface area contributed by atoms with Crippen molar-refractivity contribution in [3.63, 3.8) is 0 Å². The molecular formula is C28H39N3O5. The highest BCUT2D eigenvalue weighted by molar-refractivity contribution is 5.99. The fraction of sp³-hybridized carbons (Fsp3) is 0.679. The molecular weight excluding hydrogens is 458 g/mol. The highest BCUT2D eigenvalue weighted by atomic mass is 16.5. The summed E-state index contributed by atoms with van der Waals surface area (Å²) in [5, 5.41) is 13.2. The number of rotatable bonds is 7. The summed E-state index contributed by atoms with van der Waals surface area (Å²) in [6.07, 6.45) is 5.24. The lowest BCUT2D eigenvalue weighted by Gasteiger charge is -2.42. The first-order chi connectivity index (χ1) is 17.3. The molecule has 36 heavy (non-hydrogen) atoms. The fourth-order valence-corrected chi connectivity index (χ4v) is 6.25. The SMILES string of the molecule is CC(C)C[C@H](NC(=O)c1ccc(C2CCN(C3CCC3)CC2)cc1)C(=O)N1C[C@H](O)[C@H]2OCC(=O)[C@H]21. The molecule has 3 aliphatic heterocycles. The van der Waals surface area contributed by atoms with Crippen molar-refractivity contribution in [2.24, 2.45) is 5.92 Å². The minimum atomic E-state index is -0.895. The van der Waals surface area contributed by atoms with Gasteiger partial charge < -0.3 is 25.0 Å². The molecule has 0 aromatic heterocycles. The third kappa shape index (κ3) is 5.08. The van der Waals surface area contributed by atoms with Gasteiger partial charge in [-0.2, -0.15) is 0 Å². The van der Waals surface area contributed by atoms with E-state index < -0.39 is 24.3 Å². The largest absolute Gasteiger partial charge is 0.388 e. The second-order valence-corrected chi connectivity index (χ2v) is 11.4. The highest BCUT2D eigenvalue weighted by Crippen LogP contribution is 2.33. The number of nitrogens with zero attached hydrogens (tertiary/aromatic N) is 2. The molecule has 196 valence electrons. The van der Waals surface area contributed by atoms with E-state index in [-0.39, 0.29) is 36.7 Å². The average Bonchev–Trinajstić information content (AvgIpc) is 3.38. The van der Waals surface area contributed by atoms with Crippen LogP contribution in [-0.2, 0) is 14.3 Å². The van der Waals surface area contributed by atoms with E-state index in [0.717, 1.165) is 32.0 Å². The van der Waals surface area contributed by atoms with Gasteiger partial charge in [-0.25, -0.2) is 0 Å². The van der Waals surface area contributed by atoms with Gasteiger partial charge in [-0.05, 0) is 74.7 Å². The van der Waals surface area contributed by atoms with Crippen LogP contribution >= 0.6 is 0 Å². The summed E-state index contributed by atoms with van der Waals surface area (Å²) < 4.78 is 5.40. The number of amides is 2. The van der Waals surface area contributed by atoms with Crippen molar-refractivity contribution in [3.05, 3.63) is 35.4 Å². The molecule has 4 atom stereocenters. The monoisotopic (exact) mass is 497 g/mol. The second-order valence-electron chi connectivity index (χ2n) is 11.4. The summed E-state index contributed by atoms with van der Waals surface area (Å²) >= 11 is 0. The number of carbonyl (C=O) groups excluding carboxylic acids is 3. The van der Waals surface area contributed by atoms with Crippen molar-refractivity contribution in [1.82, 2.24) is 15.1 Å². The molecule has 0 unspecified atom stereocenters. The molecule has 1 aromatic carbocycles. The Morgan fingerprint density at radius 2 is 1.81 bits per heavy atom. The van der Waals surface area contributed by atoms with E-state index in [1.807, 2.05) is 38.1 Å². The van der Waals surface area contributed by atoms with Crippen molar-refractivity contribution >= 4 is 17.6 Å². The number of Topliss-reactive ketones (excluding diaryl/α,β-unsaturated/α-hetero) is 1. The summed E-state index contributed by atoms with van der Waals surface area (Å²) in [5.41, 5.74) is 1.79. The quantitative estimate of drug-likeness (QED) is 0.599. The molecule has 1 aromatic rings. The molecule has 8 nitrogen and oxygen atoms in total. The Morgan fingerprint density at radius 1 is 1.11 bits per heavy atom. The number of benzene rings is 1. The van der Waals surface area contributed by atoms with Gasteiger partial charge in [0, 0.05) is 11.6 Å². The molecule has 5 rings (SSSR count). The Balaban J connectivity index is 1.21. The van der Waals surface area contributed by atoms with Crippen molar-refractivity contribution < 1.29 is 24.2 Å². The third-order valence-electron chi connectivity index (χ3n) is 8.52. The Bertz CT molecular complexity index is 968. The van der Waals surface area contributed by atoms with Crippen LogP contribution in [0.25, 0.3) is 0 Å². The average molecular weight is 498 g/mol. The molecule has 2 N–H and O–H groups in total. The van der Waals surface area contributed by atoms with Crippen LogP contribution in [0.15, 0.2) is 24.3 Å². The number of aliphatic hydroxyl groups excluding tert-OH is 1.